The molecule has 26 heavy (non-hydrogen) atoms. The average Bonchev–Trinajstić information content (AvgIpc) is 3.24. The summed E-state index contributed by atoms with van der Waals surface area (Å²) in [4.78, 5) is 24.0. The first-order valence-electron chi connectivity index (χ1n) is 7.53. The highest BCUT2D eigenvalue weighted by molar-refractivity contribution is 5.89. The molecule has 2 aromatic heterocycles. The van der Waals surface area contributed by atoms with Crippen molar-refractivity contribution < 1.29 is 36.8 Å². The SMILES string of the molecule is Cc1occc1-c1cc(NC(=O)N2C[C@@H](C(F)(F)F)[C@H](C(=O)O)C2)no1. The van der Waals surface area contributed by atoms with Gasteiger partial charge in [-0.2, -0.15) is 13.2 Å². The number of carbonyl (C=O) groups excluding carboxylic acids is 1. The normalized spacial score (nSPS) is 20.4. The van der Waals surface area contributed by atoms with Gasteiger partial charge in [-0.25, -0.2) is 4.79 Å². The zero-order valence-electron chi connectivity index (χ0n) is 13.4. The summed E-state index contributed by atoms with van der Waals surface area (Å²) >= 11 is 0. The van der Waals surface area contributed by atoms with E-state index in [0.29, 0.717) is 17.1 Å². The first-order chi connectivity index (χ1) is 12.2. The topological polar surface area (TPSA) is 109 Å². The van der Waals surface area contributed by atoms with Gasteiger partial charge >= 0.3 is 18.2 Å². The number of nitrogens with one attached hydrogen (secondary N) is 1. The molecule has 0 bridgehead atoms. The number of carboxylic acid groups (broad SMARTS) is 1. The van der Waals surface area contributed by atoms with E-state index in [-0.39, 0.29) is 5.82 Å². The Morgan fingerprint density at radius 1 is 1.38 bits per heavy atom. The van der Waals surface area contributed by atoms with Gasteiger partial charge in [0.1, 0.15) is 5.76 Å². The predicted octanol–water partition coefficient (Wildman–Crippen LogP) is 2.97. The number of aliphatic carboxylic acids is 1. The number of aryl methyl sites for hydroxylation is 1. The molecule has 0 spiro atoms. The highest BCUT2D eigenvalue weighted by Gasteiger charge is 2.53. The number of rotatable bonds is 3. The predicted molar refractivity (Wildman–Crippen MR) is 80.2 cm³/mol. The van der Waals surface area contributed by atoms with Crippen LogP contribution in [0.4, 0.5) is 23.8 Å². The number of carbonyl (C=O) groups is 2. The molecule has 2 aromatic rings. The van der Waals surface area contributed by atoms with E-state index in [1.807, 2.05) is 0 Å². The fourth-order valence-corrected chi connectivity index (χ4v) is 2.84. The van der Waals surface area contributed by atoms with Gasteiger partial charge in [-0.1, -0.05) is 5.16 Å². The Kier molecular flexibility index (Phi) is 4.38. The van der Waals surface area contributed by atoms with Crippen LogP contribution >= 0.6 is 0 Å². The smallest absolute Gasteiger partial charge is 0.394 e. The van der Waals surface area contributed by atoms with Crippen LogP contribution in [0.1, 0.15) is 5.76 Å². The Morgan fingerprint density at radius 3 is 2.65 bits per heavy atom. The molecule has 0 radical (unpaired) electrons. The van der Waals surface area contributed by atoms with Crippen molar-refractivity contribution in [3.05, 3.63) is 24.2 Å². The molecule has 1 aliphatic rings. The molecule has 1 aliphatic heterocycles. The Balaban J connectivity index is 1.70. The summed E-state index contributed by atoms with van der Waals surface area (Å²) in [6, 6.07) is 2.14. The van der Waals surface area contributed by atoms with E-state index in [2.05, 4.69) is 10.5 Å². The summed E-state index contributed by atoms with van der Waals surface area (Å²) in [7, 11) is 0. The van der Waals surface area contributed by atoms with Crippen molar-refractivity contribution in [2.24, 2.45) is 11.8 Å². The number of hydrogen-bond acceptors (Lipinski definition) is 5. The van der Waals surface area contributed by atoms with Crippen LogP contribution in [-0.2, 0) is 4.79 Å². The fraction of sp³-hybridized carbons (Fsp3) is 0.400. The molecule has 0 saturated carbocycles. The first-order valence-corrected chi connectivity index (χ1v) is 7.53. The van der Waals surface area contributed by atoms with Gasteiger partial charge < -0.3 is 18.9 Å². The number of nitrogens with zero attached hydrogens (tertiary/aromatic N) is 2. The summed E-state index contributed by atoms with van der Waals surface area (Å²) in [5.41, 5.74) is 0.613. The van der Waals surface area contributed by atoms with Crippen LogP contribution in [0.3, 0.4) is 0 Å². The van der Waals surface area contributed by atoms with E-state index in [1.54, 1.807) is 13.0 Å². The van der Waals surface area contributed by atoms with Crippen molar-refractivity contribution in [2.75, 3.05) is 18.4 Å². The molecule has 2 amide bonds. The Hall–Kier alpha value is -2.98. The fourth-order valence-electron chi connectivity index (χ4n) is 2.84. The van der Waals surface area contributed by atoms with E-state index in [4.69, 9.17) is 14.0 Å². The summed E-state index contributed by atoms with van der Waals surface area (Å²) in [5.74, 6) is -4.55. The summed E-state index contributed by atoms with van der Waals surface area (Å²) in [6.45, 7) is 0.415. The first kappa shape index (κ1) is 17.8. The van der Waals surface area contributed by atoms with E-state index in [1.165, 1.54) is 12.3 Å². The number of halogens is 3. The monoisotopic (exact) mass is 373 g/mol. The lowest BCUT2D eigenvalue weighted by Gasteiger charge is -2.18. The number of aromatic nitrogens is 1. The summed E-state index contributed by atoms with van der Waals surface area (Å²) < 4.78 is 49.1. The Labute approximate surface area is 144 Å². The Bertz CT molecular complexity index is 829. The van der Waals surface area contributed by atoms with Crippen LogP contribution in [-0.4, -0.2) is 46.4 Å². The van der Waals surface area contributed by atoms with Gasteiger partial charge in [0.15, 0.2) is 11.6 Å². The second kappa shape index (κ2) is 6.39. The highest BCUT2D eigenvalue weighted by Crippen LogP contribution is 2.38. The third-order valence-electron chi connectivity index (χ3n) is 4.21. The van der Waals surface area contributed by atoms with Gasteiger partial charge in [0.25, 0.3) is 0 Å². The number of amides is 2. The average molecular weight is 373 g/mol. The second-order valence-electron chi connectivity index (χ2n) is 5.89. The maximum Gasteiger partial charge on any atom is 0.394 e. The molecule has 0 aliphatic carbocycles. The third kappa shape index (κ3) is 3.37. The second-order valence-corrected chi connectivity index (χ2v) is 5.89. The van der Waals surface area contributed by atoms with Crippen molar-refractivity contribution in [1.29, 1.82) is 0 Å². The van der Waals surface area contributed by atoms with Crippen LogP contribution in [0.15, 0.2) is 27.3 Å². The van der Waals surface area contributed by atoms with Gasteiger partial charge in [0, 0.05) is 19.2 Å². The molecule has 3 heterocycles. The molecule has 8 nitrogen and oxygen atoms in total. The molecular weight excluding hydrogens is 359 g/mol. The van der Waals surface area contributed by atoms with Crippen LogP contribution in [0.2, 0.25) is 0 Å². The van der Waals surface area contributed by atoms with Crippen LogP contribution in [0, 0.1) is 18.8 Å². The Morgan fingerprint density at radius 2 is 2.12 bits per heavy atom. The van der Waals surface area contributed by atoms with Crippen molar-refractivity contribution in [1.82, 2.24) is 10.1 Å². The maximum absolute atomic E-state index is 13.0. The molecule has 1 fully saturated rings. The van der Waals surface area contributed by atoms with Gasteiger partial charge in [0.05, 0.1) is 23.7 Å². The van der Waals surface area contributed by atoms with Crippen LogP contribution in [0.5, 0.6) is 0 Å². The van der Waals surface area contributed by atoms with Gasteiger partial charge in [-0.15, -0.1) is 0 Å². The lowest BCUT2D eigenvalue weighted by molar-refractivity contribution is -0.187. The molecule has 3 rings (SSSR count). The lowest BCUT2D eigenvalue weighted by atomic mass is 9.96. The van der Waals surface area contributed by atoms with Gasteiger partial charge in [0.2, 0.25) is 0 Å². The van der Waals surface area contributed by atoms with Crippen molar-refractivity contribution >= 4 is 17.8 Å². The van der Waals surface area contributed by atoms with E-state index < -0.39 is 43.1 Å². The zero-order valence-corrected chi connectivity index (χ0v) is 13.4. The van der Waals surface area contributed by atoms with Crippen LogP contribution in [0.25, 0.3) is 11.3 Å². The number of carboxylic acids is 1. The largest absolute Gasteiger partial charge is 0.481 e. The molecule has 0 aromatic carbocycles. The van der Waals surface area contributed by atoms with E-state index in [0.717, 1.165) is 4.90 Å². The highest BCUT2D eigenvalue weighted by atomic mass is 19.4. The zero-order chi connectivity index (χ0) is 19.1. The van der Waals surface area contributed by atoms with Crippen LogP contribution < -0.4 is 5.32 Å². The number of likely N-dealkylation sites (tertiary alicyclic amines) is 1. The molecule has 2 atom stereocenters. The van der Waals surface area contributed by atoms with Crippen molar-refractivity contribution in [3.63, 3.8) is 0 Å². The lowest BCUT2D eigenvalue weighted by Crippen LogP contribution is -2.35. The summed E-state index contributed by atoms with van der Waals surface area (Å²) in [5, 5.41) is 14.9. The number of urea groups is 1. The van der Waals surface area contributed by atoms with E-state index >= 15 is 0 Å². The van der Waals surface area contributed by atoms with Gasteiger partial charge in [-0.05, 0) is 13.0 Å². The number of hydrogen-bond donors (Lipinski definition) is 2. The summed E-state index contributed by atoms with van der Waals surface area (Å²) in [6.07, 6.45) is -3.27. The molecule has 1 saturated heterocycles. The molecule has 2 N–H and O–H groups in total. The van der Waals surface area contributed by atoms with E-state index in [9.17, 15) is 22.8 Å². The van der Waals surface area contributed by atoms with Gasteiger partial charge in [-0.3, -0.25) is 10.1 Å². The maximum atomic E-state index is 13.0. The molecular formula is C15H14F3N3O5. The number of alkyl halides is 3. The standard InChI is InChI=1S/C15H14F3N3O5/c1-7-8(2-3-25-7)11-4-12(20-26-11)19-14(24)21-5-9(13(22)23)10(6-21)15(16,17)18/h2-4,9-10H,5-6H2,1H3,(H,22,23)(H,19,20,24)/t9-,10-/m1/s1. The molecule has 0 unspecified atom stereocenters. The van der Waals surface area contributed by atoms with Crippen molar-refractivity contribution in [2.45, 2.75) is 13.1 Å². The minimum absolute atomic E-state index is 0.00654. The minimum Gasteiger partial charge on any atom is -0.481 e. The minimum atomic E-state index is -4.71. The molecule has 140 valence electrons. The number of furan rings is 1. The number of anilines is 1. The third-order valence-corrected chi connectivity index (χ3v) is 4.21. The van der Waals surface area contributed by atoms with Crippen molar-refractivity contribution in [3.8, 4) is 11.3 Å². The quantitative estimate of drug-likeness (QED) is 0.856. The molecule has 11 heteroatoms.